The molecule has 1 aliphatic rings. The van der Waals surface area contributed by atoms with Crippen molar-refractivity contribution in [3.05, 3.63) is 33.3 Å². The number of hydrogen-bond acceptors (Lipinski definition) is 1. The first-order valence-corrected chi connectivity index (χ1v) is 8.82. The summed E-state index contributed by atoms with van der Waals surface area (Å²) in [5.41, 5.74) is 1.70. The average Bonchev–Trinajstić information content (AvgIpc) is 2.81. The third kappa shape index (κ3) is 4.47. The van der Waals surface area contributed by atoms with Crippen LogP contribution >= 0.6 is 27.5 Å². The fraction of sp³-hybridized carbons (Fsp3) is 0.647. The summed E-state index contributed by atoms with van der Waals surface area (Å²) in [7, 11) is 0. The molecule has 0 spiro atoms. The predicted molar refractivity (Wildman–Crippen MR) is 91.2 cm³/mol. The molecule has 112 valence electrons. The van der Waals surface area contributed by atoms with Gasteiger partial charge in [0, 0.05) is 22.6 Å². The van der Waals surface area contributed by atoms with Crippen LogP contribution in [0.3, 0.4) is 0 Å². The van der Waals surface area contributed by atoms with E-state index in [1.807, 2.05) is 12.1 Å². The van der Waals surface area contributed by atoms with Crippen molar-refractivity contribution < 1.29 is 0 Å². The predicted octanol–water partition coefficient (Wildman–Crippen LogP) is 5.80. The van der Waals surface area contributed by atoms with Gasteiger partial charge in [-0.15, -0.1) is 0 Å². The highest BCUT2D eigenvalue weighted by molar-refractivity contribution is 9.10. The van der Waals surface area contributed by atoms with Crippen LogP contribution in [0.15, 0.2) is 22.7 Å². The third-order valence-electron chi connectivity index (χ3n) is 4.33. The topological polar surface area (TPSA) is 12.0 Å². The van der Waals surface area contributed by atoms with Crippen LogP contribution in [0, 0.1) is 11.3 Å². The summed E-state index contributed by atoms with van der Waals surface area (Å²) in [5.74, 6) is 0.782. The molecule has 0 radical (unpaired) electrons. The van der Waals surface area contributed by atoms with Crippen molar-refractivity contribution in [2.24, 2.45) is 11.3 Å². The van der Waals surface area contributed by atoms with Gasteiger partial charge >= 0.3 is 0 Å². The molecule has 1 nitrogen and oxygen atoms in total. The summed E-state index contributed by atoms with van der Waals surface area (Å²) >= 11 is 9.76. The van der Waals surface area contributed by atoms with Crippen molar-refractivity contribution in [1.82, 2.24) is 5.32 Å². The van der Waals surface area contributed by atoms with Crippen LogP contribution in [0.1, 0.15) is 51.5 Å². The van der Waals surface area contributed by atoms with Crippen LogP contribution in [-0.4, -0.2) is 6.54 Å². The molecule has 1 aromatic rings. The Kier molecular flexibility index (Phi) is 5.95. The highest BCUT2D eigenvalue weighted by atomic mass is 79.9. The summed E-state index contributed by atoms with van der Waals surface area (Å²) in [5, 5.41) is 4.50. The van der Waals surface area contributed by atoms with Crippen molar-refractivity contribution in [3.63, 3.8) is 0 Å². The SMILES string of the molecule is CC(C)CC1(CNCc2cc(Br)ccc2Cl)CCCC1. The lowest BCUT2D eigenvalue weighted by molar-refractivity contribution is 0.223. The molecule has 1 fully saturated rings. The Morgan fingerprint density at radius 2 is 2.00 bits per heavy atom. The van der Waals surface area contributed by atoms with Gasteiger partial charge in [-0.3, -0.25) is 0 Å². The number of rotatable bonds is 6. The van der Waals surface area contributed by atoms with E-state index in [-0.39, 0.29) is 0 Å². The molecule has 2 rings (SSSR count). The second-order valence-electron chi connectivity index (χ2n) is 6.64. The number of hydrogen-bond donors (Lipinski definition) is 1. The van der Waals surface area contributed by atoms with Gasteiger partial charge in [0.15, 0.2) is 0 Å². The zero-order chi connectivity index (χ0) is 14.6. The average molecular weight is 359 g/mol. The smallest absolute Gasteiger partial charge is 0.0451 e. The van der Waals surface area contributed by atoms with Crippen molar-refractivity contribution in [1.29, 1.82) is 0 Å². The lowest BCUT2D eigenvalue weighted by atomic mass is 9.78. The zero-order valence-electron chi connectivity index (χ0n) is 12.5. The first-order valence-electron chi connectivity index (χ1n) is 7.65. The Morgan fingerprint density at radius 3 is 2.65 bits per heavy atom. The minimum absolute atomic E-state index is 0.520. The molecule has 0 unspecified atom stereocenters. The number of nitrogens with one attached hydrogen (secondary N) is 1. The fourth-order valence-electron chi connectivity index (χ4n) is 3.59. The van der Waals surface area contributed by atoms with E-state index in [2.05, 4.69) is 41.2 Å². The molecule has 0 aliphatic heterocycles. The van der Waals surface area contributed by atoms with Gasteiger partial charge in [-0.1, -0.05) is 54.2 Å². The molecule has 0 aromatic heterocycles. The first kappa shape index (κ1) is 16.3. The Labute approximate surface area is 136 Å². The molecule has 1 aliphatic carbocycles. The molecular formula is C17H25BrClN. The second kappa shape index (κ2) is 7.29. The zero-order valence-corrected chi connectivity index (χ0v) is 14.9. The van der Waals surface area contributed by atoms with Crippen LogP contribution < -0.4 is 5.32 Å². The van der Waals surface area contributed by atoms with Gasteiger partial charge in [0.25, 0.3) is 0 Å². The standard InChI is InChI=1S/C17H25BrClN/c1-13(2)10-17(7-3-4-8-17)12-20-11-14-9-15(18)5-6-16(14)19/h5-6,9,13,20H,3-4,7-8,10-12H2,1-2H3. The summed E-state index contributed by atoms with van der Waals surface area (Å²) in [6.45, 7) is 6.66. The number of halogens is 2. The molecule has 0 amide bonds. The summed E-state index contributed by atoms with van der Waals surface area (Å²) < 4.78 is 1.09. The van der Waals surface area contributed by atoms with Gasteiger partial charge in [0.2, 0.25) is 0 Å². The molecule has 1 aromatic carbocycles. The molecule has 3 heteroatoms. The minimum atomic E-state index is 0.520. The summed E-state index contributed by atoms with van der Waals surface area (Å²) in [6, 6.07) is 6.06. The quantitative estimate of drug-likeness (QED) is 0.677. The molecule has 0 atom stereocenters. The normalized spacial score (nSPS) is 17.9. The van der Waals surface area contributed by atoms with Crippen LogP contribution in [-0.2, 0) is 6.54 Å². The van der Waals surface area contributed by atoms with Crippen LogP contribution in [0.25, 0.3) is 0 Å². The lowest BCUT2D eigenvalue weighted by Gasteiger charge is -2.31. The molecule has 20 heavy (non-hydrogen) atoms. The maximum Gasteiger partial charge on any atom is 0.0451 e. The maximum atomic E-state index is 6.25. The molecule has 1 N–H and O–H groups in total. The van der Waals surface area contributed by atoms with E-state index in [1.54, 1.807) is 0 Å². The Hall–Kier alpha value is -0.0500. The van der Waals surface area contributed by atoms with Crippen LogP contribution in [0.4, 0.5) is 0 Å². The highest BCUT2D eigenvalue weighted by Crippen LogP contribution is 2.42. The van der Waals surface area contributed by atoms with Crippen molar-refractivity contribution >= 4 is 27.5 Å². The van der Waals surface area contributed by atoms with E-state index in [9.17, 15) is 0 Å². The lowest BCUT2D eigenvalue weighted by Crippen LogP contribution is -2.33. The Bertz CT molecular complexity index is 439. The van der Waals surface area contributed by atoms with Gasteiger partial charge in [-0.05, 0) is 54.4 Å². The van der Waals surface area contributed by atoms with E-state index in [1.165, 1.54) is 37.7 Å². The van der Waals surface area contributed by atoms with Gasteiger partial charge in [-0.25, -0.2) is 0 Å². The molecule has 1 saturated carbocycles. The second-order valence-corrected chi connectivity index (χ2v) is 7.97. The third-order valence-corrected chi connectivity index (χ3v) is 5.19. The monoisotopic (exact) mass is 357 g/mol. The van der Waals surface area contributed by atoms with Crippen molar-refractivity contribution in [3.8, 4) is 0 Å². The molecule has 0 heterocycles. The van der Waals surface area contributed by atoms with Gasteiger partial charge in [0.1, 0.15) is 0 Å². The summed E-state index contributed by atoms with van der Waals surface area (Å²) in [4.78, 5) is 0. The maximum absolute atomic E-state index is 6.25. The van der Waals surface area contributed by atoms with Gasteiger partial charge < -0.3 is 5.32 Å². The first-order chi connectivity index (χ1) is 9.51. The Morgan fingerprint density at radius 1 is 1.30 bits per heavy atom. The van der Waals surface area contributed by atoms with E-state index < -0.39 is 0 Å². The highest BCUT2D eigenvalue weighted by Gasteiger charge is 2.33. The molecule has 0 bridgehead atoms. The number of benzene rings is 1. The van der Waals surface area contributed by atoms with Gasteiger partial charge in [-0.2, -0.15) is 0 Å². The van der Waals surface area contributed by atoms with Crippen LogP contribution in [0.5, 0.6) is 0 Å². The fourth-order valence-corrected chi connectivity index (χ4v) is 4.18. The van der Waals surface area contributed by atoms with Crippen molar-refractivity contribution in [2.45, 2.75) is 52.5 Å². The molecular weight excluding hydrogens is 334 g/mol. The Balaban J connectivity index is 1.91. The minimum Gasteiger partial charge on any atom is -0.312 e. The van der Waals surface area contributed by atoms with E-state index >= 15 is 0 Å². The van der Waals surface area contributed by atoms with Crippen molar-refractivity contribution in [2.75, 3.05) is 6.54 Å². The van der Waals surface area contributed by atoms with E-state index in [4.69, 9.17) is 11.6 Å². The largest absolute Gasteiger partial charge is 0.312 e. The summed E-state index contributed by atoms with van der Waals surface area (Å²) in [6.07, 6.45) is 6.89. The van der Waals surface area contributed by atoms with E-state index in [0.29, 0.717) is 5.41 Å². The van der Waals surface area contributed by atoms with Crippen LogP contribution in [0.2, 0.25) is 5.02 Å². The van der Waals surface area contributed by atoms with E-state index in [0.717, 1.165) is 28.5 Å². The molecule has 0 saturated heterocycles. The van der Waals surface area contributed by atoms with Gasteiger partial charge in [0.05, 0.1) is 0 Å².